The van der Waals surface area contributed by atoms with Crippen LogP contribution in [0.1, 0.15) is 5.82 Å². The van der Waals surface area contributed by atoms with Gasteiger partial charge < -0.3 is 20.8 Å². The van der Waals surface area contributed by atoms with Crippen LogP contribution in [-0.4, -0.2) is 30.2 Å². The molecule has 0 atom stereocenters. The smallest absolute Gasteiger partial charge is 0.168 e. The van der Waals surface area contributed by atoms with Crippen molar-refractivity contribution in [1.29, 1.82) is 0 Å². The summed E-state index contributed by atoms with van der Waals surface area (Å²) in [6.45, 7) is 3.22. The van der Waals surface area contributed by atoms with Crippen LogP contribution in [0.15, 0.2) is 0 Å². The maximum atomic E-state index is 5.60. The number of nitrogens with zero attached hydrogens (tertiary/aromatic N) is 1. The summed E-state index contributed by atoms with van der Waals surface area (Å²) in [7, 11) is 1.65. The SMILES string of the molecule is COCCNc1nc(C)[nH]c1N. The zero-order valence-electron chi connectivity index (χ0n) is 7.35. The van der Waals surface area contributed by atoms with E-state index in [9.17, 15) is 0 Å². The largest absolute Gasteiger partial charge is 0.383 e. The van der Waals surface area contributed by atoms with Crippen LogP contribution in [0.2, 0.25) is 0 Å². The molecular weight excluding hydrogens is 156 g/mol. The van der Waals surface area contributed by atoms with E-state index in [0.717, 1.165) is 5.82 Å². The summed E-state index contributed by atoms with van der Waals surface area (Å²) < 4.78 is 4.87. The highest BCUT2D eigenvalue weighted by Gasteiger charge is 2.02. The molecule has 1 heterocycles. The summed E-state index contributed by atoms with van der Waals surface area (Å²) in [4.78, 5) is 7.03. The van der Waals surface area contributed by atoms with E-state index >= 15 is 0 Å². The molecule has 0 fully saturated rings. The van der Waals surface area contributed by atoms with Crippen molar-refractivity contribution in [3.05, 3.63) is 5.82 Å². The number of ether oxygens (including phenoxy) is 1. The lowest BCUT2D eigenvalue weighted by atomic mass is 10.6. The van der Waals surface area contributed by atoms with Gasteiger partial charge in [-0.05, 0) is 6.92 Å². The van der Waals surface area contributed by atoms with Gasteiger partial charge in [0.1, 0.15) is 11.6 Å². The minimum absolute atomic E-state index is 0.573. The Kier molecular flexibility index (Phi) is 2.93. The Labute approximate surface area is 71.3 Å². The molecule has 0 bridgehead atoms. The molecule has 68 valence electrons. The van der Waals surface area contributed by atoms with Gasteiger partial charge in [0.15, 0.2) is 5.82 Å². The number of methoxy groups -OCH3 is 1. The highest BCUT2D eigenvalue weighted by atomic mass is 16.5. The fourth-order valence-electron chi connectivity index (χ4n) is 0.916. The lowest BCUT2D eigenvalue weighted by Crippen LogP contribution is -2.09. The van der Waals surface area contributed by atoms with Crippen LogP contribution < -0.4 is 11.1 Å². The van der Waals surface area contributed by atoms with E-state index in [0.29, 0.717) is 24.8 Å². The molecule has 0 saturated carbocycles. The van der Waals surface area contributed by atoms with Crippen molar-refractivity contribution in [3.63, 3.8) is 0 Å². The Morgan fingerprint density at radius 3 is 2.92 bits per heavy atom. The first-order valence-electron chi connectivity index (χ1n) is 3.79. The number of hydrogen-bond donors (Lipinski definition) is 3. The maximum absolute atomic E-state index is 5.60. The number of rotatable bonds is 4. The van der Waals surface area contributed by atoms with Crippen molar-refractivity contribution in [1.82, 2.24) is 9.97 Å². The summed E-state index contributed by atoms with van der Waals surface area (Å²) in [5.74, 6) is 2.08. The predicted octanol–water partition coefficient (Wildman–Crippen LogP) is 0.359. The summed E-state index contributed by atoms with van der Waals surface area (Å²) >= 11 is 0. The number of aryl methyl sites for hydroxylation is 1. The molecule has 5 nitrogen and oxygen atoms in total. The number of imidazole rings is 1. The molecule has 0 aromatic carbocycles. The molecular formula is C7H14N4O. The average molecular weight is 170 g/mol. The molecule has 0 aliphatic heterocycles. The number of H-pyrrole nitrogens is 1. The number of nitrogen functional groups attached to an aromatic ring is 1. The third-order valence-electron chi connectivity index (χ3n) is 1.45. The Bertz CT molecular complexity index is 246. The first kappa shape index (κ1) is 8.86. The summed E-state index contributed by atoms with van der Waals surface area (Å²) in [5.41, 5.74) is 5.60. The van der Waals surface area contributed by atoms with E-state index in [-0.39, 0.29) is 0 Å². The minimum atomic E-state index is 0.573. The third kappa shape index (κ3) is 2.13. The van der Waals surface area contributed by atoms with Crippen LogP contribution in [0, 0.1) is 6.92 Å². The van der Waals surface area contributed by atoms with Crippen molar-refractivity contribution >= 4 is 11.6 Å². The number of nitrogens with one attached hydrogen (secondary N) is 2. The minimum Gasteiger partial charge on any atom is -0.383 e. The van der Waals surface area contributed by atoms with Gasteiger partial charge in [-0.15, -0.1) is 0 Å². The van der Waals surface area contributed by atoms with Gasteiger partial charge in [-0.1, -0.05) is 0 Å². The van der Waals surface area contributed by atoms with E-state index < -0.39 is 0 Å². The monoisotopic (exact) mass is 170 g/mol. The first-order valence-corrected chi connectivity index (χ1v) is 3.79. The maximum Gasteiger partial charge on any atom is 0.168 e. The fourth-order valence-corrected chi connectivity index (χ4v) is 0.916. The van der Waals surface area contributed by atoms with Crippen LogP contribution in [-0.2, 0) is 4.74 Å². The van der Waals surface area contributed by atoms with Crippen molar-refractivity contribution in [3.8, 4) is 0 Å². The molecule has 0 unspecified atom stereocenters. The Morgan fingerprint density at radius 2 is 2.42 bits per heavy atom. The van der Waals surface area contributed by atoms with Gasteiger partial charge in [-0.25, -0.2) is 4.98 Å². The molecule has 0 amide bonds. The molecule has 5 heteroatoms. The second-order valence-corrected chi connectivity index (χ2v) is 2.50. The highest BCUT2D eigenvalue weighted by Crippen LogP contribution is 2.12. The molecule has 0 aliphatic carbocycles. The quantitative estimate of drug-likeness (QED) is 0.570. The Morgan fingerprint density at radius 1 is 1.67 bits per heavy atom. The van der Waals surface area contributed by atoms with Gasteiger partial charge in [0.2, 0.25) is 0 Å². The fraction of sp³-hybridized carbons (Fsp3) is 0.571. The van der Waals surface area contributed by atoms with Crippen molar-refractivity contribution in [2.45, 2.75) is 6.92 Å². The van der Waals surface area contributed by atoms with Gasteiger partial charge in [0.25, 0.3) is 0 Å². The number of anilines is 2. The molecule has 0 spiro atoms. The normalized spacial score (nSPS) is 10.2. The molecule has 1 aromatic heterocycles. The third-order valence-corrected chi connectivity index (χ3v) is 1.45. The van der Waals surface area contributed by atoms with Gasteiger partial charge in [-0.2, -0.15) is 0 Å². The lowest BCUT2D eigenvalue weighted by molar-refractivity contribution is 0.210. The van der Waals surface area contributed by atoms with Crippen LogP contribution in [0.5, 0.6) is 0 Å². The van der Waals surface area contributed by atoms with Crippen LogP contribution in [0.4, 0.5) is 11.6 Å². The summed E-state index contributed by atoms with van der Waals surface area (Å²) in [5, 5.41) is 3.04. The Hall–Kier alpha value is -1.23. The number of aromatic amines is 1. The van der Waals surface area contributed by atoms with Crippen LogP contribution >= 0.6 is 0 Å². The van der Waals surface area contributed by atoms with Gasteiger partial charge >= 0.3 is 0 Å². The summed E-state index contributed by atoms with van der Waals surface area (Å²) in [6.07, 6.45) is 0. The summed E-state index contributed by atoms with van der Waals surface area (Å²) in [6, 6.07) is 0. The van der Waals surface area contributed by atoms with Gasteiger partial charge in [0.05, 0.1) is 6.61 Å². The zero-order valence-corrected chi connectivity index (χ0v) is 7.35. The van der Waals surface area contributed by atoms with Crippen LogP contribution in [0.3, 0.4) is 0 Å². The average Bonchev–Trinajstić information content (AvgIpc) is 2.31. The van der Waals surface area contributed by atoms with E-state index in [2.05, 4.69) is 15.3 Å². The molecule has 0 radical (unpaired) electrons. The standard InChI is InChI=1S/C7H14N4O/c1-5-10-6(8)7(11-5)9-3-4-12-2/h9H,3-4,8H2,1-2H3,(H,10,11). The number of nitrogens with two attached hydrogens (primary N) is 1. The van der Waals surface area contributed by atoms with Crippen molar-refractivity contribution in [2.24, 2.45) is 0 Å². The topological polar surface area (TPSA) is 76.0 Å². The molecule has 1 aromatic rings. The van der Waals surface area contributed by atoms with Crippen LogP contribution in [0.25, 0.3) is 0 Å². The van der Waals surface area contributed by atoms with E-state index in [1.54, 1.807) is 7.11 Å². The molecule has 1 rings (SSSR count). The molecule has 0 saturated heterocycles. The zero-order chi connectivity index (χ0) is 8.97. The predicted molar refractivity (Wildman–Crippen MR) is 48.1 cm³/mol. The van der Waals surface area contributed by atoms with Crippen molar-refractivity contribution < 1.29 is 4.74 Å². The number of aromatic nitrogens is 2. The highest BCUT2D eigenvalue weighted by molar-refractivity contribution is 5.56. The second-order valence-electron chi connectivity index (χ2n) is 2.50. The lowest BCUT2D eigenvalue weighted by Gasteiger charge is -2.01. The molecule has 12 heavy (non-hydrogen) atoms. The van der Waals surface area contributed by atoms with E-state index in [4.69, 9.17) is 10.5 Å². The van der Waals surface area contributed by atoms with Gasteiger partial charge in [0, 0.05) is 13.7 Å². The first-order chi connectivity index (χ1) is 5.74. The van der Waals surface area contributed by atoms with E-state index in [1.165, 1.54) is 0 Å². The second kappa shape index (κ2) is 3.96. The molecule has 0 aliphatic rings. The van der Waals surface area contributed by atoms with Crippen molar-refractivity contribution in [2.75, 3.05) is 31.3 Å². The number of hydrogen-bond acceptors (Lipinski definition) is 4. The van der Waals surface area contributed by atoms with Gasteiger partial charge in [-0.3, -0.25) is 0 Å². The molecule has 4 N–H and O–H groups in total. The Balaban J connectivity index is 2.45. The van der Waals surface area contributed by atoms with E-state index in [1.807, 2.05) is 6.92 Å².